The van der Waals surface area contributed by atoms with Crippen LogP contribution in [0.2, 0.25) is 0 Å². The van der Waals surface area contributed by atoms with Crippen LogP contribution < -0.4 is 0 Å². The average Bonchev–Trinajstić information content (AvgIpc) is 2.62. The predicted octanol–water partition coefficient (Wildman–Crippen LogP) is 4.13. The van der Waals surface area contributed by atoms with Crippen molar-refractivity contribution in [3.8, 4) is 0 Å². The minimum Gasteiger partial charge on any atom is -0.374 e. The number of Topliss-reactive ketones (excluding diaryl/α,β-unsaturated/α-hetero) is 1. The maximum Gasteiger partial charge on any atom is 0.168 e. The highest BCUT2D eigenvalue weighted by Crippen LogP contribution is 2.34. The number of benzene rings is 1. The van der Waals surface area contributed by atoms with Crippen LogP contribution in [0.25, 0.3) is 0 Å². The third kappa shape index (κ3) is 3.12. The fraction of sp³-hybridized carbons (Fsp3) is 0.611. The van der Waals surface area contributed by atoms with Crippen molar-refractivity contribution in [3.05, 3.63) is 35.4 Å². The van der Waals surface area contributed by atoms with E-state index in [9.17, 15) is 4.79 Å². The van der Waals surface area contributed by atoms with Gasteiger partial charge in [-0.25, -0.2) is 0 Å². The molecular formula is C18H26O2. The summed E-state index contributed by atoms with van der Waals surface area (Å²) in [5.74, 6) is 1.11. The minimum absolute atomic E-state index is 0.0145. The Morgan fingerprint density at radius 3 is 2.45 bits per heavy atom. The normalized spacial score (nSPS) is 29.9. The van der Waals surface area contributed by atoms with Crippen molar-refractivity contribution < 1.29 is 9.53 Å². The molecule has 4 atom stereocenters. The molecular weight excluding hydrogens is 248 g/mol. The van der Waals surface area contributed by atoms with Crippen molar-refractivity contribution in [1.29, 1.82) is 0 Å². The van der Waals surface area contributed by atoms with E-state index in [1.807, 2.05) is 19.1 Å². The van der Waals surface area contributed by atoms with Crippen molar-refractivity contribution >= 4 is 5.78 Å². The van der Waals surface area contributed by atoms with Gasteiger partial charge < -0.3 is 4.74 Å². The van der Waals surface area contributed by atoms with Gasteiger partial charge in [0.05, 0.1) is 18.1 Å². The molecule has 1 heterocycles. The Balaban J connectivity index is 2.21. The first-order valence-corrected chi connectivity index (χ1v) is 7.68. The maximum atomic E-state index is 12.8. The number of hydrogen-bond acceptors (Lipinski definition) is 2. The molecule has 4 unspecified atom stereocenters. The van der Waals surface area contributed by atoms with E-state index in [-0.39, 0.29) is 29.8 Å². The Morgan fingerprint density at radius 2 is 1.90 bits per heavy atom. The number of rotatable bonds is 4. The van der Waals surface area contributed by atoms with E-state index in [2.05, 4.69) is 39.8 Å². The number of carbonyl (C=O) groups is 1. The van der Waals surface area contributed by atoms with Crippen molar-refractivity contribution in [2.45, 2.75) is 53.2 Å². The first kappa shape index (κ1) is 15.2. The molecule has 0 radical (unpaired) electrons. The molecule has 1 saturated heterocycles. The first-order chi connectivity index (χ1) is 9.40. The molecule has 1 aliphatic rings. The first-order valence-electron chi connectivity index (χ1n) is 7.68. The lowest BCUT2D eigenvalue weighted by Crippen LogP contribution is -2.27. The lowest BCUT2D eigenvalue weighted by Gasteiger charge is -2.17. The van der Waals surface area contributed by atoms with E-state index in [4.69, 9.17) is 4.74 Å². The fourth-order valence-electron chi connectivity index (χ4n) is 3.23. The summed E-state index contributed by atoms with van der Waals surface area (Å²) in [5, 5.41) is 0. The number of carbonyl (C=O) groups excluding carboxylic acids is 1. The van der Waals surface area contributed by atoms with Gasteiger partial charge >= 0.3 is 0 Å². The van der Waals surface area contributed by atoms with Crippen LogP contribution >= 0.6 is 0 Å². The molecule has 2 rings (SSSR count). The molecule has 1 aromatic carbocycles. The van der Waals surface area contributed by atoms with Crippen LogP contribution in [-0.2, 0) is 11.2 Å². The van der Waals surface area contributed by atoms with Crippen LogP contribution in [0.4, 0.5) is 0 Å². The van der Waals surface area contributed by atoms with E-state index < -0.39 is 0 Å². The van der Waals surface area contributed by atoms with E-state index in [0.717, 1.165) is 12.0 Å². The zero-order chi connectivity index (χ0) is 14.9. The van der Waals surface area contributed by atoms with Gasteiger partial charge in [-0.05, 0) is 43.7 Å². The van der Waals surface area contributed by atoms with E-state index >= 15 is 0 Å². The Kier molecular flexibility index (Phi) is 4.64. The van der Waals surface area contributed by atoms with Gasteiger partial charge in [-0.15, -0.1) is 0 Å². The third-order valence-corrected chi connectivity index (χ3v) is 4.40. The lowest BCUT2D eigenvalue weighted by molar-refractivity contribution is 0.0491. The molecule has 0 saturated carbocycles. The summed E-state index contributed by atoms with van der Waals surface area (Å²) >= 11 is 0. The molecule has 0 aromatic heterocycles. The summed E-state index contributed by atoms with van der Waals surface area (Å²) in [7, 11) is 0. The maximum absolute atomic E-state index is 12.8. The zero-order valence-corrected chi connectivity index (χ0v) is 13.2. The third-order valence-electron chi connectivity index (χ3n) is 4.40. The molecule has 0 spiro atoms. The largest absolute Gasteiger partial charge is 0.374 e. The standard InChI is InChI=1S/C18H26O2/c1-11(2)9-15-7-6-8-16(10-15)18(19)17-12(3)13(4)20-14(17)5/h6-8,10-14,17H,9H2,1-5H3. The van der Waals surface area contributed by atoms with E-state index in [1.165, 1.54) is 5.56 Å². The quantitative estimate of drug-likeness (QED) is 0.772. The van der Waals surface area contributed by atoms with Gasteiger partial charge in [0.15, 0.2) is 5.78 Å². The second-order valence-corrected chi connectivity index (χ2v) is 6.59. The summed E-state index contributed by atoms with van der Waals surface area (Å²) < 4.78 is 5.80. The fourth-order valence-corrected chi connectivity index (χ4v) is 3.23. The molecule has 1 aromatic rings. The van der Waals surface area contributed by atoms with Crippen molar-refractivity contribution in [2.75, 3.05) is 0 Å². The van der Waals surface area contributed by atoms with Gasteiger partial charge in [0.1, 0.15) is 0 Å². The number of ketones is 1. The second-order valence-electron chi connectivity index (χ2n) is 6.59. The average molecular weight is 274 g/mol. The number of hydrogen-bond donors (Lipinski definition) is 0. The van der Waals surface area contributed by atoms with Gasteiger partial charge in [0, 0.05) is 5.56 Å². The van der Waals surface area contributed by atoms with Crippen LogP contribution in [0.15, 0.2) is 24.3 Å². The van der Waals surface area contributed by atoms with Gasteiger partial charge in [-0.3, -0.25) is 4.79 Å². The summed E-state index contributed by atoms with van der Waals surface area (Å²) in [6, 6.07) is 8.11. The monoisotopic (exact) mass is 274 g/mol. The van der Waals surface area contributed by atoms with Crippen LogP contribution in [0.1, 0.15) is 50.5 Å². The zero-order valence-electron chi connectivity index (χ0n) is 13.2. The molecule has 2 heteroatoms. The van der Waals surface area contributed by atoms with Crippen LogP contribution in [0, 0.1) is 17.8 Å². The summed E-state index contributed by atoms with van der Waals surface area (Å²) in [4.78, 5) is 12.8. The van der Waals surface area contributed by atoms with E-state index in [0.29, 0.717) is 5.92 Å². The predicted molar refractivity (Wildman–Crippen MR) is 82.0 cm³/mol. The smallest absolute Gasteiger partial charge is 0.168 e. The highest BCUT2D eigenvalue weighted by Gasteiger charge is 2.41. The summed E-state index contributed by atoms with van der Waals surface area (Å²) in [6.07, 6.45) is 1.20. The molecule has 20 heavy (non-hydrogen) atoms. The van der Waals surface area contributed by atoms with Crippen LogP contribution in [-0.4, -0.2) is 18.0 Å². The highest BCUT2D eigenvalue weighted by atomic mass is 16.5. The second kappa shape index (κ2) is 6.09. The Morgan fingerprint density at radius 1 is 1.20 bits per heavy atom. The molecule has 1 aliphatic heterocycles. The van der Waals surface area contributed by atoms with Crippen molar-refractivity contribution in [3.63, 3.8) is 0 Å². The van der Waals surface area contributed by atoms with Crippen LogP contribution in [0.3, 0.4) is 0 Å². The Hall–Kier alpha value is -1.15. The molecule has 2 nitrogen and oxygen atoms in total. The van der Waals surface area contributed by atoms with Gasteiger partial charge in [0.2, 0.25) is 0 Å². The minimum atomic E-state index is -0.0145. The van der Waals surface area contributed by atoms with E-state index in [1.54, 1.807) is 0 Å². The van der Waals surface area contributed by atoms with Crippen molar-refractivity contribution in [2.24, 2.45) is 17.8 Å². The highest BCUT2D eigenvalue weighted by molar-refractivity contribution is 5.98. The summed E-state index contributed by atoms with van der Waals surface area (Å²) in [6.45, 7) is 10.6. The molecule has 110 valence electrons. The molecule has 0 aliphatic carbocycles. The molecule has 0 bridgehead atoms. The summed E-state index contributed by atoms with van der Waals surface area (Å²) in [5.41, 5.74) is 2.09. The lowest BCUT2D eigenvalue weighted by atomic mass is 9.83. The Labute approximate surface area is 122 Å². The number of ether oxygens (including phenoxy) is 1. The van der Waals surface area contributed by atoms with Gasteiger partial charge in [-0.1, -0.05) is 39.0 Å². The van der Waals surface area contributed by atoms with Crippen LogP contribution in [0.5, 0.6) is 0 Å². The molecule has 1 fully saturated rings. The Bertz CT molecular complexity index is 478. The molecule has 0 N–H and O–H groups in total. The SMILES string of the molecule is CC(C)Cc1cccc(C(=O)C2C(C)OC(C)C2C)c1. The van der Waals surface area contributed by atoms with Gasteiger partial charge in [0.25, 0.3) is 0 Å². The van der Waals surface area contributed by atoms with Gasteiger partial charge in [-0.2, -0.15) is 0 Å². The topological polar surface area (TPSA) is 26.3 Å². The molecule has 0 amide bonds. The van der Waals surface area contributed by atoms with Crippen molar-refractivity contribution in [1.82, 2.24) is 0 Å².